The van der Waals surface area contributed by atoms with Crippen LogP contribution >= 0.6 is 0 Å². The second-order valence-electron chi connectivity index (χ2n) is 3.94. The predicted octanol–water partition coefficient (Wildman–Crippen LogP) is 0.133. The third kappa shape index (κ3) is 2.11. The molecule has 6 heteroatoms. The Labute approximate surface area is 93.5 Å². The van der Waals surface area contributed by atoms with Gasteiger partial charge in [0.05, 0.1) is 17.1 Å². The largest absolute Gasteiger partial charge is 0.386 e. The summed E-state index contributed by atoms with van der Waals surface area (Å²) in [6.45, 7) is 1.90. The number of aliphatic hydroxyl groups is 1. The van der Waals surface area contributed by atoms with E-state index < -0.39 is 6.10 Å². The normalized spacial score (nSPS) is 13.0. The number of hydrogen-bond donors (Lipinski definition) is 1. The van der Waals surface area contributed by atoms with E-state index in [0.717, 1.165) is 17.1 Å². The first-order valence-corrected chi connectivity index (χ1v) is 5.10. The van der Waals surface area contributed by atoms with Crippen molar-refractivity contribution >= 4 is 0 Å². The van der Waals surface area contributed by atoms with Crippen LogP contribution in [0.3, 0.4) is 0 Å². The molecule has 86 valence electrons. The smallest absolute Gasteiger partial charge is 0.101 e. The van der Waals surface area contributed by atoms with Crippen molar-refractivity contribution in [1.29, 1.82) is 0 Å². The van der Waals surface area contributed by atoms with Crippen molar-refractivity contribution in [2.75, 3.05) is 0 Å². The van der Waals surface area contributed by atoms with Crippen LogP contribution in [0.5, 0.6) is 0 Å². The molecule has 6 nitrogen and oxygen atoms in total. The molecule has 16 heavy (non-hydrogen) atoms. The molecular weight excluding hydrogens is 206 g/mol. The number of aliphatic hydroxyl groups excluding tert-OH is 1. The van der Waals surface area contributed by atoms with Gasteiger partial charge in [-0.2, -0.15) is 5.10 Å². The molecule has 1 unspecified atom stereocenters. The number of hydrogen-bond acceptors (Lipinski definition) is 4. The lowest BCUT2D eigenvalue weighted by molar-refractivity contribution is 0.167. The van der Waals surface area contributed by atoms with Crippen molar-refractivity contribution in [2.45, 2.75) is 19.4 Å². The quantitative estimate of drug-likeness (QED) is 0.800. The Morgan fingerprint density at radius 1 is 1.44 bits per heavy atom. The summed E-state index contributed by atoms with van der Waals surface area (Å²) in [5, 5.41) is 22.0. The van der Waals surface area contributed by atoms with Crippen molar-refractivity contribution in [2.24, 2.45) is 14.1 Å². The van der Waals surface area contributed by atoms with Gasteiger partial charge in [-0.15, -0.1) is 5.10 Å². The van der Waals surface area contributed by atoms with Gasteiger partial charge in [0.15, 0.2) is 0 Å². The fourth-order valence-corrected chi connectivity index (χ4v) is 1.73. The Morgan fingerprint density at radius 2 is 2.19 bits per heavy atom. The van der Waals surface area contributed by atoms with Gasteiger partial charge >= 0.3 is 0 Å². The standard InChI is InChI=1S/C10H15N5O/c1-7-4-9(15(3)12-7)10(16)5-8-6-14(2)13-11-8/h4,6,10,16H,5H2,1-3H3. The molecule has 1 atom stereocenters. The topological polar surface area (TPSA) is 68.8 Å². The van der Waals surface area contributed by atoms with E-state index in [1.807, 2.05) is 20.0 Å². The van der Waals surface area contributed by atoms with Crippen molar-refractivity contribution in [1.82, 2.24) is 24.8 Å². The van der Waals surface area contributed by atoms with E-state index in [2.05, 4.69) is 15.4 Å². The first kappa shape index (κ1) is 10.8. The molecule has 2 rings (SSSR count). The van der Waals surface area contributed by atoms with Gasteiger partial charge in [-0.25, -0.2) is 0 Å². The van der Waals surface area contributed by atoms with Crippen LogP contribution in [0.1, 0.15) is 23.2 Å². The van der Waals surface area contributed by atoms with E-state index in [0.29, 0.717) is 6.42 Å². The summed E-state index contributed by atoms with van der Waals surface area (Å²) >= 11 is 0. The molecule has 0 bridgehead atoms. The van der Waals surface area contributed by atoms with Crippen molar-refractivity contribution < 1.29 is 5.11 Å². The zero-order chi connectivity index (χ0) is 11.7. The molecule has 2 heterocycles. The molecule has 0 fully saturated rings. The van der Waals surface area contributed by atoms with Gasteiger partial charge in [-0.1, -0.05) is 5.21 Å². The van der Waals surface area contributed by atoms with Crippen LogP contribution in [-0.2, 0) is 20.5 Å². The summed E-state index contributed by atoms with van der Waals surface area (Å²) < 4.78 is 3.31. The summed E-state index contributed by atoms with van der Waals surface area (Å²) in [4.78, 5) is 0. The number of aromatic nitrogens is 5. The zero-order valence-electron chi connectivity index (χ0n) is 9.62. The van der Waals surface area contributed by atoms with Gasteiger partial charge in [-0.05, 0) is 13.0 Å². The highest BCUT2D eigenvalue weighted by Gasteiger charge is 2.15. The van der Waals surface area contributed by atoms with Gasteiger partial charge in [0, 0.05) is 26.7 Å². The Kier molecular flexibility index (Phi) is 2.74. The van der Waals surface area contributed by atoms with Gasteiger partial charge in [0.2, 0.25) is 0 Å². The molecular formula is C10H15N5O. The minimum Gasteiger partial charge on any atom is -0.386 e. The van der Waals surface area contributed by atoms with Crippen molar-refractivity contribution in [3.8, 4) is 0 Å². The first-order chi connectivity index (χ1) is 7.56. The SMILES string of the molecule is Cc1cc(C(O)Cc2cn(C)nn2)n(C)n1. The highest BCUT2D eigenvalue weighted by Crippen LogP contribution is 2.17. The average molecular weight is 221 g/mol. The molecule has 1 N–H and O–H groups in total. The van der Waals surface area contributed by atoms with Crippen LogP contribution in [0.15, 0.2) is 12.3 Å². The summed E-state index contributed by atoms with van der Waals surface area (Å²) in [6, 6.07) is 1.88. The van der Waals surface area contributed by atoms with Gasteiger partial charge in [0.1, 0.15) is 6.10 Å². The minimum absolute atomic E-state index is 0.451. The number of rotatable bonds is 3. The lowest BCUT2D eigenvalue weighted by atomic mass is 10.1. The van der Waals surface area contributed by atoms with Crippen LogP contribution in [-0.4, -0.2) is 29.9 Å². The molecule has 0 aliphatic carbocycles. The van der Waals surface area contributed by atoms with Crippen molar-refractivity contribution in [3.05, 3.63) is 29.3 Å². The van der Waals surface area contributed by atoms with E-state index in [9.17, 15) is 5.11 Å². The van der Waals surface area contributed by atoms with E-state index in [1.165, 1.54) is 0 Å². The molecule has 0 saturated heterocycles. The Balaban J connectivity index is 2.14. The fourth-order valence-electron chi connectivity index (χ4n) is 1.73. The maximum absolute atomic E-state index is 10.0. The van der Waals surface area contributed by atoms with Crippen LogP contribution < -0.4 is 0 Å². The maximum atomic E-state index is 10.0. The predicted molar refractivity (Wildman–Crippen MR) is 57.6 cm³/mol. The van der Waals surface area contributed by atoms with Gasteiger partial charge < -0.3 is 5.11 Å². The van der Waals surface area contributed by atoms with Gasteiger partial charge in [-0.3, -0.25) is 9.36 Å². The highest BCUT2D eigenvalue weighted by atomic mass is 16.3. The molecule has 0 aliphatic rings. The molecule has 2 aromatic heterocycles. The third-order valence-corrected chi connectivity index (χ3v) is 2.43. The summed E-state index contributed by atoms with van der Waals surface area (Å²) in [7, 11) is 3.62. The molecule has 0 saturated carbocycles. The Morgan fingerprint density at radius 3 is 2.69 bits per heavy atom. The van der Waals surface area contributed by atoms with E-state index >= 15 is 0 Å². The molecule has 0 amide bonds. The number of aryl methyl sites for hydroxylation is 3. The molecule has 0 aliphatic heterocycles. The lowest BCUT2D eigenvalue weighted by Crippen LogP contribution is -2.08. The molecule has 0 aromatic carbocycles. The van der Waals surface area contributed by atoms with Crippen LogP contribution in [0, 0.1) is 6.92 Å². The highest BCUT2D eigenvalue weighted by molar-refractivity contribution is 5.13. The van der Waals surface area contributed by atoms with Crippen molar-refractivity contribution in [3.63, 3.8) is 0 Å². The molecule has 0 radical (unpaired) electrons. The van der Waals surface area contributed by atoms with Crippen LogP contribution in [0.25, 0.3) is 0 Å². The minimum atomic E-state index is -0.595. The second-order valence-corrected chi connectivity index (χ2v) is 3.94. The summed E-state index contributed by atoms with van der Waals surface area (Å²) in [5.74, 6) is 0. The molecule has 0 spiro atoms. The molecule has 2 aromatic rings. The van der Waals surface area contributed by atoms with Gasteiger partial charge in [0.25, 0.3) is 0 Å². The summed E-state index contributed by atoms with van der Waals surface area (Å²) in [5.41, 5.74) is 2.47. The second kappa shape index (κ2) is 4.05. The average Bonchev–Trinajstić information content (AvgIpc) is 2.73. The third-order valence-electron chi connectivity index (χ3n) is 2.43. The van der Waals surface area contributed by atoms with Crippen LogP contribution in [0.4, 0.5) is 0 Å². The zero-order valence-corrected chi connectivity index (χ0v) is 9.62. The van der Waals surface area contributed by atoms with E-state index in [1.54, 1.807) is 22.6 Å². The van der Waals surface area contributed by atoms with E-state index in [-0.39, 0.29) is 0 Å². The Hall–Kier alpha value is -1.69. The Bertz CT molecular complexity index is 487. The van der Waals surface area contributed by atoms with E-state index in [4.69, 9.17) is 0 Å². The monoisotopic (exact) mass is 221 g/mol. The lowest BCUT2D eigenvalue weighted by Gasteiger charge is -2.08. The van der Waals surface area contributed by atoms with Crippen LogP contribution in [0.2, 0.25) is 0 Å². The first-order valence-electron chi connectivity index (χ1n) is 5.10. The fraction of sp³-hybridized carbons (Fsp3) is 0.500. The number of nitrogens with zero attached hydrogens (tertiary/aromatic N) is 5. The summed E-state index contributed by atoms with van der Waals surface area (Å²) in [6.07, 6.45) is 1.65. The maximum Gasteiger partial charge on any atom is 0.101 e.